The summed E-state index contributed by atoms with van der Waals surface area (Å²) in [7, 11) is -2.51. The first-order chi connectivity index (χ1) is 10.8. The molecule has 0 fully saturated rings. The van der Waals surface area contributed by atoms with Crippen molar-refractivity contribution in [1.29, 1.82) is 0 Å². The summed E-state index contributed by atoms with van der Waals surface area (Å²) >= 11 is 0. The number of rotatable bonds is 6. The number of benzene rings is 2. The van der Waals surface area contributed by atoms with E-state index >= 15 is 0 Å². The minimum atomic E-state index is -3.93. The molecule has 0 amide bonds. The van der Waals surface area contributed by atoms with E-state index in [2.05, 4.69) is 0 Å². The highest BCUT2D eigenvalue weighted by Crippen LogP contribution is 2.25. The Balaban J connectivity index is 2.29. The minimum absolute atomic E-state index is 0.0726. The Morgan fingerprint density at radius 1 is 1.09 bits per heavy atom. The highest BCUT2D eigenvalue weighted by Gasteiger charge is 2.19. The Kier molecular flexibility index (Phi) is 5.18. The van der Waals surface area contributed by atoms with Crippen molar-refractivity contribution in [2.75, 3.05) is 7.11 Å². The summed E-state index contributed by atoms with van der Waals surface area (Å²) in [5.41, 5.74) is 1.49. The van der Waals surface area contributed by atoms with Crippen LogP contribution in [0.2, 0.25) is 0 Å². The van der Waals surface area contributed by atoms with E-state index in [0.717, 1.165) is 5.56 Å². The largest absolute Gasteiger partial charge is 0.379 e. The molecule has 2 rings (SSSR count). The molecule has 1 unspecified atom stereocenters. The van der Waals surface area contributed by atoms with Gasteiger partial charge < -0.3 is 8.92 Å². The Bertz CT molecular complexity index is 794. The van der Waals surface area contributed by atoms with Gasteiger partial charge in [-0.2, -0.15) is 8.42 Å². The van der Waals surface area contributed by atoms with Crippen molar-refractivity contribution in [2.45, 2.75) is 24.8 Å². The molecule has 0 aliphatic heterocycles. The number of carbonyl (C=O) groups excluding carboxylic acids is 1. The van der Waals surface area contributed by atoms with Crippen LogP contribution in [0.15, 0.2) is 53.4 Å². The first kappa shape index (κ1) is 17.2. The molecule has 5 nitrogen and oxygen atoms in total. The lowest BCUT2D eigenvalue weighted by atomic mass is 10.1. The van der Waals surface area contributed by atoms with Crippen LogP contribution in [0.5, 0.6) is 5.75 Å². The fourth-order valence-electron chi connectivity index (χ4n) is 2.15. The number of ketones is 1. The lowest BCUT2D eigenvalue weighted by molar-refractivity contribution is -0.126. The SMILES string of the molecule is COC(C(C)=O)c1cccc(OS(=O)(=O)c2ccc(C)cc2)c1. The highest BCUT2D eigenvalue weighted by atomic mass is 32.2. The molecule has 0 N–H and O–H groups in total. The normalized spacial score (nSPS) is 12.7. The van der Waals surface area contributed by atoms with Gasteiger partial charge in [-0.3, -0.25) is 4.79 Å². The van der Waals surface area contributed by atoms with Crippen molar-refractivity contribution >= 4 is 15.9 Å². The van der Waals surface area contributed by atoms with E-state index in [-0.39, 0.29) is 16.4 Å². The molecule has 0 aromatic heterocycles. The van der Waals surface area contributed by atoms with Crippen LogP contribution in [0.4, 0.5) is 0 Å². The van der Waals surface area contributed by atoms with Crippen LogP contribution < -0.4 is 4.18 Å². The molecule has 0 saturated carbocycles. The number of hydrogen-bond donors (Lipinski definition) is 0. The van der Waals surface area contributed by atoms with E-state index in [4.69, 9.17) is 8.92 Å². The molecule has 0 saturated heterocycles. The third-order valence-electron chi connectivity index (χ3n) is 3.28. The third kappa shape index (κ3) is 4.18. The fraction of sp³-hybridized carbons (Fsp3) is 0.235. The van der Waals surface area contributed by atoms with Gasteiger partial charge in [0.05, 0.1) is 0 Å². The van der Waals surface area contributed by atoms with Crippen LogP contribution in [0, 0.1) is 6.92 Å². The number of ether oxygens (including phenoxy) is 1. The summed E-state index contributed by atoms with van der Waals surface area (Å²) in [5, 5.41) is 0. The van der Waals surface area contributed by atoms with Gasteiger partial charge in [-0.1, -0.05) is 29.8 Å². The van der Waals surface area contributed by atoms with Crippen molar-refractivity contribution in [2.24, 2.45) is 0 Å². The second-order valence-electron chi connectivity index (χ2n) is 5.15. The molecule has 23 heavy (non-hydrogen) atoms. The quantitative estimate of drug-likeness (QED) is 0.760. The van der Waals surface area contributed by atoms with Gasteiger partial charge in [0.15, 0.2) is 5.78 Å². The van der Waals surface area contributed by atoms with Crippen LogP contribution in [-0.4, -0.2) is 21.3 Å². The predicted molar refractivity (Wildman–Crippen MR) is 85.9 cm³/mol. The van der Waals surface area contributed by atoms with Gasteiger partial charge in [0.25, 0.3) is 0 Å². The number of hydrogen-bond acceptors (Lipinski definition) is 5. The molecule has 2 aromatic rings. The smallest absolute Gasteiger partial charge is 0.339 e. The topological polar surface area (TPSA) is 69.7 Å². The molecule has 6 heteroatoms. The van der Waals surface area contributed by atoms with E-state index in [1.54, 1.807) is 24.3 Å². The van der Waals surface area contributed by atoms with Gasteiger partial charge in [0.1, 0.15) is 16.7 Å². The Labute approximate surface area is 136 Å². The molecule has 0 aliphatic rings. The molecule has 0 bridgehead atoms. The van der Waals surface area contributed by atoms with Crippen molar-refractivity contribution in [3.63, 3.8) is 0 Å². The third-order valence-corrected chi connectivity index (χ3v) is 4.54. The number of aryl methyl sites for hydroxylation is 1. The van der Waals surface area contributed by atoms with E-state index in [0.29, 0.717) is 5.56 Å². The van der Waals surface area contributed by atoms with Crippen LogP contribution in [0.3, 0.4) is 0 Å². The van der Waals surface area contributed by atoms with Gasteiger partial charge in [0.2, 0.25) is 0 Å². The molecule has 1 atom stereocenters. The first-order valence-corrected chi connectivity index (χ1v) is 8.38. The summed E-state index contributed by atoms with van der Waals surface area (Å²) in [6.45, 7) is 3.28. The monoisotopic (exact) mass is 334 g/mol. The molecular formula is C17H18O5S. The summed E-state index contributed by atoms with van der Waals surface area (Å²) < 4.78 is 34.8. The second kappa shape index (κ2) is 6.93. The molecule has 0 heterocycles. The van der Waals surface area contributed by atoms with E-state index in [9.17, 15) is 13.2 Å². The minimum Gasteiger partial charge on any atom is -0.379 e. The number of methoxy groups -OCH3 is 1. The summed E-state index contributed by atoms with van der Waals surface area (Å²) in [6.07, 6.45) is -0.749. The number of Topliss-reactive ketones (excluding diaryl/α,β-unsaturated/α-hetero) is 1. The maximum atomic E-state index is 12.3. The van der Waals surface area contributed by atoms with E-state index in [1.807, 2.05) is 6.92 Å². The fourth-order valence-corrected chi connectivity index (χ4v) is 3.07. The predicted octanol–water partition coefficient (Wildman–Crippen LogP) is 3.04. The molecule has 0 spiro atoms. The zero-order valence-electron chi connectivity index (χ0n) is 13.1. The van der Waals surface area contributed by atoms with Crippen LogP contribution in [-0.2, 0) is 19.6 Å². The Morgan fingerprint density at radius 3 is 2.30 bits per heavy atom. The maximum Gasteiger partial charge on any atom is 0.339 e. The molecule has 0 aliphatic carbocycles. The molecule has 0 radical (unpaired) electrons. The highest BCUT2D eigenvalue weighted by molar-refractivity contribution is 7.87. The van der Waals surface area contributed by atoms with Gasteiger partial charge in [-0.05, 0) is 43.7 Å². The standard InChI is InChI=1S/C17H18O5S/c1-12-7-9-16(10-8-12)23(19,20)22-15-6-4-5-14(11-15)17(21-3)13(2)18/h4-11,17H,1-3H3. The summed E-state index contributed by atoms with van der Waals surface area (Å²) in [4.78, 5) is 11.6. The van der Waals surface area contributed by atoms with E-state index < -0.39 is 16.2 Å². The lowest BCUT2D eigenvalue weighted by Crippen LogP contribution is -2.12. The van der Waals surface area contributed by atoms with Crippen LogP contribution in [0.1, 0.15) is 24.2 Å². The molecule has 2 aromatic carbocycles. The second-order valence-corrected chi connectivity index (χ2v) is 6.70. The van der Waals surface area contributed by atoms with Crippen molar-refractivity contribution in [1.82, 2.24) is 0 Å². The van der Waals surface area contributed by atoms with Crippen molar-refractivity contribution in [3.8, 4) is 5.75 Å². The molecule has 122 valence electrons. The lowest BCUT2D eigenvalue weighted by Gasteiger charge is -2.14. The first-order valence-electron chi connectivity index (χ1n) is 6.98. The van der Waals surface area contributed by atoms with Crippen LogP contribution in [0.25, 0.3) is 0 Å². The average Bonchev–Trinajstić information content (AvgIpc) is 2.48. The number of carbonyl (C=O) groups is 1. The Morgan fingerprint density at radius 2 is 1.74 bits per heavy atom. The van der Waals surface area contributed by atoms with Gasteiger partial charge in [-0.25, -0.2) is 0 Å². The zero-order valence-corrected chi connectivity index (χ0v) is 14.0. The zero-order chi connectivity index (χ0) is 17.0. The Hall–Kier alpha value is -2.18. The van der Waals surface area contributed by atoms with Crippen molar-refractivity contribution in [3.05, 3.63) is 59.7 Å². The van der Waals surface area contributed by atoms with Crippen molar-refractivity contribution < 1.29 is 22.1 Å². The maximum absolute atomic E-state index is 12.3. The van der Waals surface area contributed by atoms with Crippen LogP contribution >= 0.6 is 0 Å². The van der Waals surface area contributed by atoms with E-state index in [1.165, 1.54) is 38.3 Å². The summed E-state index contributed by atoms with van der Waals surface area (Å²) in [6, 6.07) is 12.7. The summed E-state index contributed by atoms with van der Waals surface area (Å²) in [5.74, 6) is -0.0441. The van der Waals surface area contributed by atoms with Gasteiger partial charge in [-0.15, -0.1) is 0 Å². The van der Waals surface area contributed by atoms with Gasteiger partial charge >= 0.3 is 10.1 Å². The molecular weight excluding hydrogens is 316 g/mol. The van der Waals surface area contributed by atoms with Gasteiger partial charge in [0, 0.05) is 7.11 Å². The average molecular weight is 334 g/mol.